The van der Waals surface area contributed by atoms with E-state index in [1.54, 1.807) is 16.4 Å². The number of hydrogen-bond donors (Lipinski definition) is 3. The number of aromatic carboxylic acids is 1. The lowest BCUT2D eigenvalue weighted by atomic mass is 10.1. The number of nitrogen functional groups attached to an aromatic ring is 1. The van der Waals surface area contributed by atoms with Crippen molar-refractivity contribution >= 4 is 46.0 Å². The molecule has 2 atom stereocenters. The van der Waals surface area contributed by atoms with E-state index < -0.39 is 28.8 Å². The number of anilines is 2. The van der Waals surface area contributed by atoms with Gasteiger partial charge in [-0.2, -0.15) is 0 Å². The standard InChI is InChI=1S/C21H22ClFN8O4/c1-9(31-27-21(24)26-28-31)19(33)25-10-4-5-29(7-10)17-14(23)6-12-16(15(17)22)30(11-2-3-11)8-13(18(12)32)20(34)35/h6,8-11H,2-5,7H2,1H3,(H2,24,27)(H,25,33)(H,34,35). The van der Waals surface area contributed by atoms with Gasteiger partial charge in [-0.1, -0.05) is 16.7 Å². The monoisotopic (exact) mass is 504 g/mol. The maximum Gasteiger partial charge on any atom is 0.341 e. The molecule has 14 heteroatoms. The Morgan fingerprint density at radius 1 is 1.34 bits per heavy atom. The number of nitrogens with two attached hydrogens (primary N) is 1. The maximum atomic E-state index is 15.3. The average molecular weight is 505 g/mol. The average Bonchev–Trinajstić information content (AvgIpc) is 3.40. The van der Waals surface area contributed by atoms with Crippen LogP contribution in [0.4, 0.5) is 16.0 Å². The summed E-state index contributed by atoms with van der Waals surface area (Å²) >= 11 is 6.68. The lowest BCUT2D eigenvalue weighted by Crippen LogP contribution is -2.41. The minimum Gasteiger partial charge on any atom is -0.477 e. The van der Waals surface area contributed by atoms with Gasteiger partial charge in [-0.25, -0.2) is 9.18 Å². The first-order valence-electron chi connectivity index (χ1n) is 11.1. The fraction of sp³-hybridized carbons (Fsp3) is 0.429. The van der Waals surface area contributed by atoms with Crippen LogP contribution in [0, 0.1) is 5.82 Å². The van der Waals surface area contributed by atoms with Crippen LogP contribution in [-0.2, 0) is 4.79 Å². The van der Waals surface area contributed by atoms with Gasteiger partial charge in [0.1, 0.15) is 17.4 Å². The van der Waals surface area contributed by atoms with Crippen molar-refractivity contribution in [3.8, 4) is 0 Å². The van der Waals surface area contributed by atoms with Crippen molar-refractivity contribution in [1.29, 1.82) is 0 Å². The molecule has 3 aromatic rings. The summed E-state index contributed by atoms with van der Waals surface area (Å²) in [6.07, 6.45) is 3.44. The third kappa shape index (κ3) is 4.05. The van der Waals surface area contributed by atoms with Gasteiger partial charge in [-0.15, -0.1) is 9.90 Å². The second-order valence-corrected chi connectivity index (χ2v) is 9.19. The van der Waals surface area contributed by atoms with Crippen molar-refractivity contribution < 1.29 is 19.1 Å². The fourth-order valence-electron chi connectivity index (χ4n) is 4.42. The Bertz CT molecular complexity index is 1420. The Hall–Kier alpha value is -3.74. The van der Waals surface area contributed by atoms with Crippen LogP contribution in [-0.4, -0.2) is 60.9 Å². The molecule has 4 N–H and O–H groups in total. The van der Waals surface area contributed by atoms with Crippen LogP contribution in [0.1, 0.15) is 48.6 Å². The summed E-state index contributed by atoms with van der Waals surface area (Å²) in [5, 5.41) is 23.4. The Kier molecular flexibility index (Phi) is 5.58. The molecule has 2 unspecified atom stereocenters. The van der Waals surface area contributed by atoms with Crippen LogP contribution in [0.15, 0.2) is 17.1 Å². The van der Waals surface area contributed by atoms with Crippen molar-refractivity contribution in [2.24, 2.45) is 0 Å². The van der Waals surface area contributed by atoms with Crippen LogP contribution in [0.25, 0.3) is 10.9 Å². The van der Waals surface area contributed by atoms with E-state index >= 15 is 4.39 Å². The molecular formula is C21H22ClFN8O4. The Morgan fingerprint density at radius 3 is 2.71 bits per heavy atom. The van der Waals surface area contributed by atoms with E-state index in [0.29, 0.717) is 18.5 Å². The molecular weight excluding hydrogens is 483 g/mol. The van der Waals surface area contributed by atoms with E-state index in [9.17, 15) is 19.5 Å². The topological polar surface area (TPSA) is 161 Å². The molecule has 184 valence electrons. The Balaban J connectivity index is 1.44. The summed E-state index contributed by atoms with van der Waals surface area (Å²) in [6, 6.07) is 0.0145. The van der Waals surface area contributed by atoms with Gasteiger partial charge in [-0.05, 0) is 37.5 Å². The number of nitrogens with one attached hydrogen (secondary N) is 1. The number of benzene rings is 1. The molecule has 1 saturated carbocycles. The number of nitrogens with zero attached hydrogens (tertiary/aromatic N) is 6. The number of carboxylic acid groups (broad SMARTS) is 1. The first-order chi connectivity index (χ1) is 16.7. The van der Waals surface area contributed by atoms with Crippen LogP contribution < -0.4 is 21.4 Å². The summed E-state index contributed by atoms with van der Waals surface area (Å²) < 4.78 is 17.0. The highest BCUT2D eigenvalue weighted by Crippen LogP contribution is 2.42. The number of fused-ring (bicyclic) bond motifs is 1. The van der Waals surface area contributed by atoms with Gasteiger partial charge >= 0.3 is 5.97 Å². The van der Waals surface area contributed by atoms with E-state index in [1.807, 2.05) is 0 Å². The van der Waals surface area contributed by atoms with Gasteiger partial charge in [0.25, 0.3) is 5.95 Å². The van der Waals surface area contributed by atoms with E-state index in [2.05, 4.69) is 20.7 Å². The van der Waals surface area contributed by atoms with Crippen LogP contribution in [0.5, 0.6) is 0 Å². The summed E-state index contributed by atoms with van der Waals surface area (Å²) in [4.78, 5) is 39.8. The van der Waals surface area contributed by atoms with E-state index in [4.69, 9.17) is 17.3 Å². The first kappa shape index (κ1) is 23.0. The number of pyridine rings is 1. The smallest absolute Gasteiger partial charge is 0.341 e. The Labute approximate surface area is 202 Å². The minimum atomic E-state index is -1.37. The Morgan fingerprint density at radius 2 is 2.09 bits per heavy atom. The largest absolute Gasteiger partial charge is 0.477 e. The number of carbonyl (C=O) groups excluding carboxylic acids is 1. The first-order valence-corrected chi connectivity index (χ1v) is 11.4. The third-order valence-corrected chi connectivity index (χ3v) is 6.73. The molecule has 0 bridgehead atoms. The van der Waals surface area contributed by atoms with Crippen LogP contribution in [0.2, 0.25) is 5.02 Å². The number of tetrazole rings is 1. The van der Waals surface area contributed by atoms with Crippen LogP contribution >= 0.6 is 11.6 Å². The lowest BCUT2D eigenvalue weighted by Gasteiger charge is -2.23. The molecule has 2 aliphatic rings. The summed E-state index contributed by atoms with van der Waals surface area (Å²) in [5.74, 6) is -2.49. The zero-order chi connectivity index (χ0) is 25.0. The zero-order valence-corrected chi connectivity index (χ0v) is 19.4. The van der Waals surface area contributed by atoms with Crippen molar-refractivity contribution in [1.82, 2.24) is 30.1 Å². The second kappa shape index (κ2) is 8.48. The minimum absolute atomic E-state index is 0.00135. The number of aromatic nitrogens is 5. The normalized spacial score (nSPS) is 18.7. The highest BCUT2D eigenvalue weighted by molar-refractivity contribution is 6.38. The van der Waals surface area contributed by atoms with Gasteiger partial charge in [0, 0.05) is 31.4 Å². The molecule has 0 radical (unpaired) electrons. The van der Waals surface area contributed by atoms with Gasteiger partial charge < -0.3 is 25.6 Å². The molecule has 1 aliphatic heterocycles. The predicted molar refractivity (Wildman–Crippen MR) is 124 cm³/mol. The molecule has 1 aliphatic carbocycles. The molecule has 12 nitrogen and oxygen atoms in total. The number of hydrogen-bond acceptors (Lipinski definition) is 8. The number of carbonyl (C=O) groups is 2. The van der Waals surface area contributed by atoms with Gasteiger partial charge in [0.05, 0.1) is 21.6 Å². The maximum absolute atomic E-state index is 15.3. The van der Waals surface area contributed by atoms with Crippen molar-refractivity contribution in [2.45, 2.75) is 44.3 Å². The molecule has 2 fully saturated rings. The quantitative estimate of drug-likeness (QED) is 0.450. The summed E-state index contributed by atoms with van der Waals surface area (Å²) in [7, 11) is 0. The number of amides is 1. The van der Waals surface area contributed by atoms with Crippen LogP contribution in [0.3, 0.4) is 0 Å². The second-order valence-electron chi connectivity index (χ2n) is 8.82. The SMILES string of the molecule is CC(C(=O)NC1CCN(c2c(F)cc3c(=O)c(C(=O)O)cn(C4CC4)c3c2Cl)C1)n1nnc(N)n1. The molecule has 35 heavy (non-hydrogen) atoms. The lowest BCUT2D eigenvalue weighted by molar-refractivity contribution is -0.125. The molecule has 0 spiro atoms. The van der Waals surface area contributed by atoms with Gasteiger partial charge in [0.15, 0.2) is 0 Å². The van der Waals surface area contributed by atoms with Crippen molar-refractivity contribution in [3.05, 3.63) is 38.9 Å². The van der Waals surface area contributed by atoms with Gasteiger partial charge in [0.2, 0.25) is 11.3 Å². The highest BCUT2D eigenvalue weighted by atomic mass is 35.5. The van der Waals surface area contributed by atoms with E-state index in [-0.39, 0.29) is 46.6 Å². The molecule has 1 saturated heterocycles. The van der Waals surface area contributed by atoms with Crippen molar-refractivity contribution in [3.63, 3.8) is 0 Å². The number of halogens is 2. The third-order valence-electron chi connectivity index (χ3n) is 6.37. The van der Waals surface area contributed by atoms with Crippen molar-refractivity contribution in [2.75, 3.05) is 23.7 Å². The predicted octanol–water partition coefficient (Wildman–Crippen LogP) is 1.35. The molecule has 1 amide bonds. The molecule has 3 heterocycles. The molecule has 1 aromatic carbocycles. The van der Waals surface area contributed by atoms with E-state index in [1.165, 1.54) is 6.20 Å². The number of carboxylic acids is 1. The molecule has 2 aromatic heterocycles. The summed E-state index contributed by atoms with van der Waals surface area (Å²) in [5.41, 5.74) is 4.69. The number of rotatable bonds is 6. The highest BCUT2D eigenvalue weighted by Gasteiger charge is 2.33. The summed E-state index contributed by atoms with van der Waals surface area (Å²) in [6.45, 7) is 2.30. The zero-order valence-electron chi connectivity index (χ0n) is 18.6. The van der Waals surface area contributed by atoms with E-state index in [0.717, 1.165) is 23.7 Å². The molecule has 5 rings (SSSR count). The fourth-order valence-corrected chi connectivity index (χ4v) is 4.83. The van der Waals surface area contributed by atoms with Gasteiger partial charge in [-0.3, -0.25) is 9.59 Å².